The summed E-state index contributed by atoms with van der Waals surface area (Å²) in [6, 6.07) is 0.617. The molecule has 0 aromatic rings. The third-order valence-corrected chi connectivity index (χ3v) is 6.41. The van der Waals surface area contributed by atoms with E-state index in [1.54, 1.807) is 0 Å². The highest BCUT2D eigenvalue weighted by Gasteiger charge is 2.36. The lowest BCUT2D eigenvalue weighted by Gasteiger charge is -2.36. The van der Waals surface area contributed by atoms with Crippen molar-refractivity contribution in [3.8, 4) is 0 Å². The van der Waals surface area contributed by atoms with E-state index in [0.717, 1.165) is 0 Å². The maximum Gasteiger partial charge on any atom is 0.0116 e. The van der Waals surface area contributed by atoms with Gasteiger partial charge in [-0.25, -0.2) is 0 Å². The largest absolute Gasteiger partial charge is 0.314 e. The first-order chi connectivity index (χ1) is 9.41. The minimum absolute atomic E-state index is 0.480. The normalized spacial score (nSPS) is 26.9. The molecule has 1 N–H and O–H groups in total. The second-order valence-corrected chi connectivity index (χ2v) is 9.68. The van der Waals surface area contributed by atoms with Gasteiger partial charge in [0, 0.05) is 36.2 Å². The molecule has 2 nitrogen and oxygen atoms in total. The van der Waals surface area contributed by atoms with Gasteiger partial charge in [-0.2, -0.15) is 11.8 Å². The van der Waals surface area contributed by atoms with Crippen LogP contribution in [-0.2, 0) is 0 Å². The van der Waals surface area contributed by atoms with E-state index < -0.39 is 0 Å². The SMILES string of the molecule is CC(C)NCC1(CN2CCSC(C)(C)CC2)CCCC1. The number of thioether (sulfide) groups is 1. The molecule has 0 amide bonds. The van der Waals surface area contributed by atoms with E-state index in [-0.39, 0.29) is 0 Å². The minimum atomic E-state index is 0.480. The smallest absolute Gasteiger partial charge is 0.0116 e. The standard InChI is InChI=1S/C17H34N2S/c1-15(2)18-13-17(7-5-6-8-17)14-19-10-9-16(3,4)20-12-11-19/h15,18H,5-14H2,1-4H3. The summed E-state index contributed by atoms with van der Waals surface area (Å²) in [4.78, 5) is 2.76. The molecule has 0 unspecified atom stereocenters. The summed E-state index contributed by atoms with van der Waals surface area (Å²) in [6.07, 6.45) is 7.08. The molecule has 0 radical (unpaired) electrons. The van der Waals surface area contributed by atoms with Gasteiger partial charge in [0.15, 0.2) is 0 Å². The average molecular weight is 299 g/mol. The molecule has 0 bridgehead atoms. The summed E-state index contributed by atoms with van der Waals surface area (Å²) in [6.45, 7) is 14.5. The van der Waals surface area contributed by atoms with E-state index in [0.29, 0.717) is 16.2 Å². The van der Waals surface area contributed by atoms with Crippen LogP contribution < -0.4 is 5.32 Å². The summed E-state index contributed by atoms with van der Waals surface area (Å²) in [5.41, 5.74) is 0.559. The second-order valence-electron chi connectivity index (χ2n) is 7.88. The molecule has 1 saturated carbocycles. The lowest BCUT2D eigenvalue weighted by molar-refractivity contribution is 0.150. The molecule has 2 rings (SSSR count). The Morgan fingerprint density at radius 1 is 1.10 bits per heavy atom. The van der Waals surface area contributed by atoms with Crippen LogP contribution in [0, 0.1) is 5.41 Å². The molecular weight excluding hydrogens is 264 g/mol. The predicted molar refractivity (Wildman–Crippen MR) is 91.6 cm³/mol. The fraction of sp³-hybridized carbons (Fsp3) is 1.00. The summed E-state index contributed by atoms with van der Waals surface area (Å²) < 4.78 is 0.480. The lowest BCUT2D eigenvalue weighted by atomic mass is 9.85. The van der Waals surface area contributed by atoms with Crippen LogP contribution in [-0.4, -0.2) is 47.6 Å². The van der Waals surface area contributed by atoms with E-state index >= 15 is 0 Å². The van der Waals surface area contributed by atoms with E-state index in [2.05, 4.69) is 49.7 Å². The van der Waals surface area contributed by atoms with Crippen LogP contribution in [0.5, 0.6) is 0 Å². The van der Waals surface area contributed by atoms with Crippen molar-refractivity contribution in [2.75, 3.05) is 31.9 Å². The van der Waals surface area contributed by atoms with Crippen molar-refractivity contribution >= 4 is 11.8 Å². The zero-order chi connectivity index (χ0) is 14.6. The molecule has 0 spiro atoms. The number of hydrogen-bond donors (Lipinski definition) is 1. The molecule has 0 aromatic heterocycles. The summed E-state index contributed by atoms with van der Waals surface area (Å²) in [7, 11) is 0. The number of rotatable bonds is 5. The second kappa shape index (κ2) is 7.02. The average Bonchev–Trinajstić information content (AvgIpc) is 2.75. The maximum absolute atomic E-state index is 3.72. The molecular formula is C17H34N2S. The van der Waals surface area contributed by atoms with Gasteiger partial charge in [0.25, 0.3) is 0 Å². The molecule has 1 heterocycles. The van der Waals surface area contributed by atoms with Crippen molar-refractivity contribution in [1.82, 2.24) is 10.2 Å². The molecule has 3 heteroatoms. The van der Waals surface area contributed by atoms with Crippen LogP contribution in [0.25, 0.3) is 0 Å². The Morgan fingerprint density at radius 2 is 1.80 bits per heavy atom. The van der Waals surface area contributed by atoms with Gasteiger partial charge >= 0.3 is 0 Å². The van der Waals surface area contributed by atoms with Crippen molar-refractivity contribution < 1.29 is 0 Å². The summed E-state index contributed by atoms with van der Waals surface area (Å²) in [5.74, 6) is 1.31. The predicted octanol–water partition coefficient (Wildman–Crippen LogP) is 3.76. The van der Waals surface area contributed by atoms with Crippen LogP contribution in [0.2, 0.25) is 0 Å². The van der Waals surface area contributed by atoms with Crippen LogP contribution >= 0.6 is 11.8 Å². The molecule has 118 valence electrons. The fourth-order valence-corrected chi connectivity index (χ4v) is 4.77. The van der Waals surface area contributed by atoms with Gasteiger partial charge < -0.3 is 10.2 Å². The highest BCUT2D eigenvalue weighted by molar-refractivity contribution is 8.00. The van der Waals surface area contributed by atoms with Crippen LogP contribution in [0.4, 0.5) is 0 Å². The Balaban J connectivity index is 1.90. The molecule has 1 saturated heterocycles. The highest BCUT2D eigenvalue weighted by atomic mass is 32.2. The quantitative estimate of drug-likeness (QED) is 0.832. The first-order valence-electron chi connectivity index (χ1n) is 8.51. The molecule has 1 aliphatic heterocycles. The topological polar surface area (TPSA) is 15.3 Å². The molecule has 0 aromatic carbocycles. The first-order valence-corrected chi connectivity index (χ1v) is 9.49. The fourth-order valence-electron chi connectivity index (χ4n) is 3.63. The van der Waals surface area contributed by atoms with Gasteiger partial charge in [-0.3, -0.25) is 0 Å². The van der Waals surface area contributed by atoms with Crippen molar-refractivity contribution in [3.63, 3.8) is 0 Å². The van der Waals surface area contributed by atoms with Gasteiger partial charge in [0.1, 0.15) is 0 Å². The Bertz CT molecular complexity index is 295. The lowest BCUT2D eigenvalue weighted by Crippen LogP contribution is -2.45. The zero-order valence-electron chi connectivity index (χ0n) is 14.0. The Kier molecular flexibility index (Phi) is 5.84. The number of nitrogens with zero attached hydrogens (tertiary/aromatic N) is 1. The van der Waals surface area contributed by atoms with Gasteiger partial charge in [0.05, 0.1) is 0 Å². The number of nitrogens with one attached hydrogen (secondary N) is 1. The van der Waals surface area contributed by atoms with E-state index in [1.807, 2.05) is 0 Å². The van der Waals surface area contributed by atoms with Crippen molar-refractivity contribution in [2.45, 2.75) is 70.6 Å². The molecule has 2 aliphatic rings. The van der Waals surface area contributed by atoms with Gasteiger partial charge in [-0.1, -0.05) is 40.5 Å². The van der Waals surface area contributed by atoms with Crippen LogP contribution in [0.15, 0.2) is 0 Å². The highest BCUT2D eigenvalue weighted by Crippen LogP contribution is 2.39. The Morgan fingerprint density at radius 3 is 2.45 bits per heavy atom. The van der Waals surface area contributed by atoms with Gasteiger partial charge in [-0.05, 0) is 31.2 Å². The van der Waals surface area contributed by atoms with Gasteiger partial charge in [0.2, 0.25) is 0 Å². The van der Waals surface area contributed by atoms with Crippen molar-refractivity contribution in [1.29, 1.82) is 0 Å². The zero-order valence-corrected chi connectivity index (χ0v) is 14.8. The van der Waals surface area contributed by atoms with Gasteiger partial charge in [-0.15, -0.1) is 0 Å². The van der Waals surface area contributed by atoms with E-state index in [4.69, 9.17) is 0 Å². The molecule has 2 fully saturated rings. The van der Waals surface area contributed by atoms with Crippen molar-refractivity contribution in [3.05, 3.63) is 0 Å². The Hall–Kier alpha value is 0.270. The minimum Gasteiger partial charge on any atom is -0.314 e. The summed E-state index contributed by atoms with van der Waals surface area (Å²) >= 11 is 2.16. The monoisotopic (exact) mass is 298 g/mol. The van der Waals surface area contributed by atoms with Crippen LogP contribution in [0.1, 0.15) is 59.8 Å². The van der Waals surface area contributed by atoms with Crippen LogP contribution in [0.3, 0.4) is 0 Å². The third kappa shape index (κ3) is 4.92. The van der Waals surface area contributed by atoms with E-state index in [1.165, 1.54) is 64.0 Å². The molecule has 0 atom stereocenters. The summed E-state index contributed by atoms with van der Waals surface area (Å²) in [5, 5.41) is 3.72. The Labute approximate surface area is 130 Å². The third-order valence-electron chi connectivity index (χ3n) is 5.04. The molecule has 1 aliphatic carbocycles. The first kappa shape index (κ1) is 16.6. The van der Waals surface area contributed by atoms with E-state index in [9.17, 15) is 0 Å². The van der Waals surface area contributed by atoms with Crippen molar-refractivity contribution in [2.24, 2.45) is 5.41 Å². The number of hydrogen-bond acceptors (Lipinski definition) is 3. The maximum atomic E-state index is 3.72. The molecule has 20 heavy (non-hydrogen) atoms.